The van der Waals surface area contributed by atoms with Crippen LogP contribution in [0, 0.1) is 0 Å². The highest BCUT2D eigenvalue weighted by molar-refractivity contribution is 5.76. The number of nitrogens with one attached hydrogen (secondary N) is 1. The molecule has 1 amide bonds. The first-order valence-electron chi connectivity index (χ1n) is 3.61. The molecule has 0 aromatic heterocycles. The number of carbonyl (C=O) groups excluding carboxylic acids is 1. The Morgan fingerprint density at radius 2 is 2.40 bits per heavy atom. The van der Waals surface area contributed by atoms with Crippen LogP contribution in [0.25, 0.3) is 0 Å². The molecule has 1 fully saturated rings. The second kappa shape index (κ2) is 3.56. The maximum atomic E-state index is 10.9. The average molecular weight is 143 g/mol. The molecule has 3 nitrogen and oxygen atoms in total. The number of amides is 1. The normalized spacial score (nSPS) is 16.9. The minimum absolute atomic E-state index is 0.115. The highest BCUT2D eigenvalue weighted by Crippen LogP contribution is 2.18. The fourth-order valence-corrected chi connectivity index (χ4v) is 0.722. The third-order valence-corrected chi connectivity index (χ3v) is 1.48. The second-order valence-corrected chi connectivity index (χ2v) is 2.58. The molecule has 1 aliphatic carbocycles. The Morgan fingerprint density at radius 3 is 2.90 bits per heavy atom. The van der Waals surface area contributed by atoms with Gasteiger partial charge in [-0.25, -0.2) is 0 Å². The first kappa shape index (κ1) is 7.54. The van der Waals surface area contributed by atoms with E-state index < -0.39 is 0 Å². The third kappa shape index (κ3) is 2.82. The van der Waals surface area contributed by atoms with Gasteiger partial charge < -0.3 is 10.1 Å². The van der Waals surface area contributed by atoms with Gasteiger partial charge in [0.2, 0.25) is 5.91 Å². The topological polar surface area (TPSA) is 38.3 Å². The fraction of sp³-hybridized carbons (Fsp3) is 0.857. The predicted molar refractivity (Wildman–Crippen MR) is 37.7 cm³/mol. The Labute approximate surface area is 60.7 Å². The van der Waals surface area contributed by atoms with Gasteiger partial charge in [0.1, 0.15) is 0 Å². The van der Waals surface area contributed by atoms with Gasteiger partial charge in [0, 0.05) is 19.6 Å². The maximum Gasteiger partial charge on any atom is 0.222 e. The summed E-state index contributed by atoms with van der Waals surface area (Å²) in [5.74, 6) is 0.115. The summed E-state index contributed by atoms with van der Waals surface area (Å²) in [5, 5.41) is 2.87. The summed E-state index contributed by atoms with van der Waals surface area (Å²) in [6, 6.07) is 0.476. The second-order valence-electron chi connectivity index (χ2n) is 2.58. The number of ether oxygens (including phenoxy) is 1. The Bertz CT molecular complexity index is 121. The molecule has 0 bridgehead atoms. The minimum Gasteiger partial charge on any atom is -0.384 e. The maximum absolute atomic E-state index is 10.9. The first-order chi connectivity index (χ1) is 4.83. The summed E-state index contributed by atoms with van der Waals surface area (Å²) in [6.07, 6.45) is 2.80. The van der Waals surface area contributed by atoms with Gasteiger partial charge in [0.05, 0.1) is 6.61 Å². The molecule has 0 aromatic carbocycles. The minimum atomic E-state index is 0.115. The first-order valence-corrected chi connectivity index (χ1v) is 3.61. The van der Waals surface area contributed by atoms with E-state index in [-0.39, 0.29) is 5.91 Å². The van der Waals surface area contributed by atoms with Crippen LogP contribution < -0.4 is 5.32 Å². The number of rotatable bonds is 4. The average Bonchev–Trinajstić information content (AvgIpc) is 2.67. The van der Waals surface area contributed by atoms with E-state index in [0.29, 0.717) is 19.1 Å². The summed E-state index contributed by atoms with van der Waals surface area (Å²) in [6.45, 7) is 0.526. The Hall–Kier alpha value is -0.570. The van der Waals surface area contributed by atoms with E-state index in [1.54, 1.807) is 7.11 Å². The van der Waals surface area contributed by atoms with Crippen LogP contribution in [0.4, 0.5) is 0 Å². The van der Waals surface area contributed by atoms with Crippen molar-refractivity contribution in [2.75, 3.05) is 13.7 Å². The summed E-state index contributed by atoms with van der Waals surface area (Å²) in [5.41, 5.74) is 0. The SMILES string of the molecule is COCCC(=O)NC1CC1. The zero-order valence-corrected chi connectivity index (χ0v) is 6.22. The summed E-state index contributed by atoms with van der Waals surface area (Å²) < 4.78 is 4.75. The van der Waals surface area contributed by atoms with E-state index in [0.717, 1.165) is 12.8 Å². The lowest BCUT2D eigenvalue weighted by molar-refractivity contribution is -0.122. The quantitative estimate of drug-likeness (QED) is 0.614. The molecule has 1 aliphatic rings. The molecular formula is C7H13NO2. The van der Waals surface area contributed by atoms with Gasteiger partial charge in [-0.2, -0.15) is 0 Å². The number of carbonyl (C=O) groups is 1. The van der Waals surface area contributed by atoms with Crippen molar-refractivity contribution < 1.29 is 9.53 Å². The lowest BCUT2D eigenvalue weighted by atomic mass is 10.4. The van der Waals surface area contributed by atoms with Crippen LogP contribution in [0.5, 0.6) is 0 Å². The standard InChI is InChI=1S/C7H13NO2/c1-10-5-4-7(9)8-6-2-3-6/h6H,2-5H2,1H3,(H,8,9). The molecule has 1 saturated carbocycles. The molecule has 0 heterocycles. The van der Waals surface area contributed by atoms with Crippen LogP contribution >= 0.6 is 0 Å². The number of hydrogen-bond acceptors (Lipinski definition) is 2. The molecule has 3 heteroatoms. The van der Waals surface area contributed by atoms with E-state index in [2.05, 4.69) is 5.32 Å². The van der Waals surface area contributed by atoms with Crippen molar-refractivity contribution in [3.63, 3.8) is 0 Å². The number of methoxy groups -OCH3 is 1. The van der Waals surface area contributed by atoms with Crippen LogP contribution in [-0.2, 0) is 9.53 Å². The zero-order valence-electron chi connectivity index (χ0n) is 6.22. The smallest absolute Gasteiger partial charge is 0.222 e. The molecule has 58 valence electrons. The molecule has 0 unspecified atom stereocenters. The largest absolute Gasteiger partial charge is 0.384 e. The van der Waals surface area contributed by atoms with Crippen LogP contribution in [0.2, 0.25) is 0 Å². The van der Waals surface area contributed by atoms with Crippen LogP contribution in [0.15, 0.2) is 0 Å². The van der Waals surface area contributed by atoms with Gasteiger partial charge in [-0.05, 0) is 12.8 Å². The predicted octanol–water partition coefficient (Wildman–Crippen LogP) is 0.301. The van der Waals surface area contributed by atoms with Crippen LogP contribution in [0.1, 0.15) is 19.3 Å². The molecule has 0 atom stereocenters. The van der Waals surface area contributed by atoms with Gasteiger partial charge in [-0.15, -0.1) is 0 Å². The molecule has 0 aromatic rings. The van der Waals surface area contributed by atoms with E-state index in [1.807, 2.05) is 0 Å². The number of hydrogen-bond donors (Lipinski definition) is 1. The molecule has 1 rings (SSSR count). The highest BCUT2D eigenvalue weighted by Gasteiger charge is 2.22. The van der Waals surface area contributed by atoms with E-state index in [1.165, 1.54) is 0 Å². The lowest BCUT2D eigenvalue weighted by Crippen LogP contribution is -2.26. The molecule has 0 saturated heterocycles. The summed E-state index contributed by atoms with van der Waals surface area (Å²) in [4.78, 5) is 10.9. The monoisotopic (exact) mass is 143 g/mol. The molecular weight excluding hydrogens is 130 g/mol. The van der Waals surface area contributed by atoms with E-state index in [4.69, 9.17) is 4.74 Å². The molecule has 0 spiro atoms. The van der Waals surface area contributed by atoms with Gasteiger partial charge in [-0.3, -0.25) is 4.79 Å². The fourth-order valence-electron chi connectivity index (χ4n) is 0.722. The Morgan fingerprint density at radius 1 is 1.70 bits per heavy atom. The molecule has 1 N–H and O–H groups in total. The van der Waals surface area contributed by atoms with Gasteiger partial charge >= 0.3 is 0 Å². The Kier molecular flexibility index (Phi) is 2.68. The molecule has 0 radical (unpaired) electrons. The molecule has 0 aliphatic heterocycles. The summed E-state index contributed by atoms with van der Waals surface area (Å²) in [7, 11) is 1.60. The van der Waals surface area contributed by atoms with Crippen molar-refractivity contribution in [3.8, 4) is 0 Å². The van der Waals surface area contributed by atoms with Gasteiger partial charge in [0.15, 0.2) is 0 Å². The Balaban J connectivity index is 1.97. The van der Waals surface area contributed by atoms with Crippen LogP contribution in [-0.4, -0.2) is 25.7 Å². The lowest BCUT2D eigenvalue weighted by Gasteiger charge is -2.00. The van der Waals surface area contributed by atoms with Gasteiger partial charge in [0.25, 0.3) is 0 Å². The van der Waals surface area contributed by atoms with Crippen molar-refractivity contribution in [3.05, 3.63) is 0 Å². The van der Waals surface area contributed by atoms with Crippen molar-refractivity contribution in [1.82, 2.24) is 5.32 Å². The van der Waals surface area contributed by atoms with E-state index >= 15 is 0 Å². The molecule has 10 heavy (non-hydrogen) atoms. The van der Waals surface area contributed by atoms with E-state index in [9.17, 15) is 4.79 Å². The van der Waals surface area contributed by atoms with Crippen LogP contribution in [0.3, 0.4) is 0 Å². The zero-order chi connectivity index (χ0) is 7.40. The highest BCUT2D eigenvalue weighted by atomic mass is 16.5. The summed E-state index contributed by atoms with van der Waals surface area (Å²) >= 11 is 0. The van der Waals surface area contributed by atoms with Crippen molar-refractivity contribution >= 4 is 5.91 Å². The van der Waals surface area contributed by atoms with Gasteiger partial charge in [-0.1, -0.05) is 0 Å². The third-order valence-electron chi connectivity index (χ3n) is 1.48. The van der Waals surface area contributed by atoms with Crippen molar-refractivity contribution in [2.24, 2.45) is 0 Å². The van der Waals surface area contributed by atoms with Crippen molar-refractivity contribution in [1.29, 1.82) is 0 Å². The van der Waals surface area contributed by atoms with Crippen molar-refractivity contribution in [2.45, 2.75) is 25.3 Å².